The number of nitrogens with zero attached hydrogens (tertiary/aromatic N) is 2. The minimum Gasteiger partial charge on any atom is -0.338 e. The van der Waals surface area contributed by atoms with Crippen molar-refractivity contribution in [1.29, 1.82) is 5.41 Å². The molecule has 4 rings (SSSR count). The number of carbonyl (C=O) groups is 1. The maximum Gasteiger partial charge on any atom is 0.256 e. The zero-order valence-corrected chi connectivity index (χ0v) is 19.5. The Kier molecular flexibility index (Phi) is 6.84. The van der Waals surface area contributed by atoms with Gasteiger partial charge in [-0.05, 0) is 85.7 Å². The number of aryl methyl sites for hydroxylation is 1. The molecule has 2 aromatic carbocycles. The second kappa shape index (κ2) is 9.99. The Balaban J connectivity index is 1.76. The summed E-state index contributed by atoms with van der Waals surface area (Å²) in [5.41, 5.74) is 3.90. The largest absolute Gasteiger partial charge is 0.338 e. The molecule has 35 heavy (non-hydrogen) atoms. The normalized spacial score (nSPS) is 11.4. The number of aromatic amines is 1. The predicted octanol–water partition coefficient (Wildman–Crippen LogP) is 6.60. The van der Waals surface area contributed by atoms with Crippen LogP contribution in [-0.2, 0) is 0 Å². The van der Waals surface area contributed by atoms with Gasteiger partial charge in [-0.2, -0.15) is 0 Å². The lowest BCUT2D eigenvalue weighted by Gasteiger charge is -2.08. The molecule has 2 aromatic heterocycles. The van der Waals surface area contributed by atoms with Gasteiger partial charge >= 0.3 is 0 Å². The number of imidazole rings is 1. The molecule has 0 saturated carbocycles. The molecular formula is C26H20ClF2N5O. The maximum atomic E-state index is 13.9. The number of allylic oxidation sites excluding steroid dienone is 2. The molecule has 6 nitrogen and oxygen atoms in total. The van der Waals surface area contributed by atoms with Gasteiger partial charge in [0.2, 0.25) is 0 Å². The molecule has 0 fully saturated rings. The average molecular weight is 492 g/mol. The highest BCUT2D eigenvalue weighted by molar-refractivity contribution is 6.68. The van der Waals surface area contributed by atoms with Crippen molar-refractivity contribution in [2.24, 2.45) is 0 Å². The van der Waals surface area contributed by atoms with E-state index in [9.17, 15) is 13.6 Å². The molecule has 0 unspecified atom stereocenters. The average Bonchev–Trinajstić information content (AvgIpc) is 3.27. The topological polar surface area (TPSA) is 94.5 Å². The van der Waals surface area contributed by atoms with Crippen molar-refractivity contribution in [2.75, 3.05) is 5.32 Å². The third-order valence-corrected chi connectivity index (χ3v) is 5.36. The maximum absolute atomic E-state index is 13.9. The van der Waals surface area contributed by atoms with E-state index in [4.69, 9.17) is 17.0 Å². The van der Waals surface area contributed by atoms with Crippen LogP contribution >= 0.6 is 11.6 Å². The number of amides is 1. The van der Waals surface area contributed by atoms with Gasteiger partial charge in [-0.3, -0.25) is 10.2 Å². The van der Waals surface area contributed by atoms with Gasteiger partial charge in [0.15, 0.2) is 0 Å². The molecule has 2 heterocycles. The molecular weight excluding hydrogens is 472 g/mol. The highest BCUT2D eigenvalue weighted by Crippen LogP contribution is 2.33. The summed E-state index contributed by atoms with van der Waals surface area (Å²) in [5.74, 6) is -0.435. The summed E-state index contributed by atoms with van der Waals surface area (Å²) in [5, 5.41) is 10.1. The van der Waals surface area contributed by atoms with E-state index in [-0.39, 0.29) is 22.4 Å². The number of carbonyl (C=O) groups excluding carboxylic acids is 1. The Hall–Kier alpha value is -4.17. The van der Waals surface area contributed by atoms with Crippen molar-refractivity contribution in [2.45, 2.75) is 13.8 Å². The summed E-state index contributed by atoms with van der Waals surface area (Å²) in [4.78, 5) is 24.7. The monoisotopic (exact) mass is 491 g/mol. The van der Waals surface area contributed by atoms with Crippen molar-refractivity contribution in [3.63, 3.8) is 0 Å². The third-order valence-electron chi connectivity index (χ3n) is 5.25. The van der Waals surface area contributed by atoms with Crippen LogP contribution in [0.15, 0.2) is 66.9 Å². The summed E-state index contributed by atoms with van der Waals surface area (Å²) in [7, 11) is 0. The molecule has 0 aliphatic carbocycles. The summed E-state index contributed by atoms with van der Waals surface area (Å²) in [6.45, 7) is 3.43. The van der Waals surface area contributed by atoms with Crippen LogP contribution in [0.2, 0.25) is 0 Å². The number of rotatable bonds is 6. The number of aromatic nitrogens is 3. The summed E-state index contributed by atoms with van der Waals surface area (Å²) >= 11 is 5.72. The fraction of sp³-hybridized carbons (Fsp3) is 0.0769. The van der Waals surface area contributed by atoms with Gasteiger partial charge in [0.25, 0.3) is 5.91 Å². The Morgan fingerprint density at radius 2 is 1.83 bits per heavy atom. The lowest BCUT2D eigenvalue weighted by molar-refractivity contribution is 0.102. The molecule has 4 aromatic rings. The lowest BCUT2D eigenvalue weighted by atomic mass is 10.0. The highest BCUT2D eigenvalue weighted by Gasteiger charge is 2.17. The van der Waals surface area contributed by atoms with Gasteiger partial charge in [0.1, 0.15) is 28.4 Å². The van der Waals surface area contributed by atoms with Crippen LogP contribution in [0.25, 0.3) is 28.1 Å². The molecule has 1 amide bonds. The Morgan fingerprint density at radius 3 is 2.51 bits per heavy atom. The summed E-state index contributed by atoms with van der Waals surface area (Å²) < 4.78 is 27.1. The number of halogens is 3. The van der Waals surface area contributed by atoms with Gasteiger partial charge < -0.3 is 10.3 Å². The SMILES string of the molecule is C/C(=C/C(=N)Cl)c1nc(-c2ccc(F)c(C)c2)c(-c2ccnc(NC(=O)c3ccc(F)cc3)c2)[nH]1. The molecule has 176 valence electrons. The molecule has 0 spiro atoms. The zero-order chi connectivity index (χ0) is 25.1. The molecule has 0 aliphatic rings. The molecule has 0 bridgehead atoms. The number of hydrogen-bond donors (Lipinski definition) is 3. The van der Waals surface area contributed by atoms with Crippen molar-refractivity contribution < 1.29 is 13.6 Å². The second-order valence-electron chi connectivity index (χ2n) is 7.84. The number of H-pyrrole nitrogens is 1. The van der Waals surface area contributed by atoms with Gasteiger partial charge in [-0.25, -0.2) is 18.7 Å². The third kappa shape index (κ3) is 5.50. The van der Waals surface area contributed by atoms with E-state index in [2.05, 4.69) is 20.3 Å². The Labute approximate surface area is 205 Å². The Bertz CT molecular complexity index is 1460. The molecule has 9 heteroatoms. The van der Waals surface area contributed by atoms with Crippen LogP contribution < -0.4 is 5.32 Å². The molecule has 0 atom stereocenters. The van der Waals surface area contributed by atoms with Crippen molar-refractivity contribution in [3.8, 4) is 22.5 Å². The first kappa shape index (κ1) is 24.0. The van der Waals surface area contributed by atoms with E-state index in [1.807, 2.05) is 0 Å². The predicted molar refractivity (Wildman–Crippen MR) is 134 cm³/mol. The standard InChI is InChI=1S/C26H20ClF2N5O/c1-14-11-17(5-8-20(14)29)23-24(34-25(33-23)15(2)12-21(27)30)18-9-10-31-22(13-18)32-26(35)16-3-6-19(28)7-4-16/h3-13,30H,1-2H3,(H,33,34)(H,31,32,35)/b15-12-,30-21?. The summed E-state index contributed by atoms with van der Waals surface area (Å²) in [6, 6.07) is 13.3. The summed E-state index contributed by atoms with van der Waals surface area (Å²) in [6.07, 6.45) is 3.00. The molecule has 3 N–H and O–H groups in total. The van der Waals surface area contributed by atoms with E-state index < -0.39 is 11.7 Å². The van der Waals surface area contributed by atoms with Crippen LogP contribution in [0.5, 0.6) is 0 Å². The van der Waals surface area contributed by atoms with E-state index in [0.717, 1.165) is 0 Å². The minimum absolute atomic E-state index is 0.144. The zero-order valence-electron chi connectivity index (χ0n) is 18.8. The lowest BCUT2D eigenvalue weighted by Crippen LogP contribution is -2.12. The molecule has 0 radical (unpaired) electrons. The molecule has 0 aliphatic heterocycles. The van der Waals surface area contributed by atoms with Crippen LogP contribution in [0.1, 0.15) is 28.7 Å². The number of hydrogen-bond acceptors (Lipinski definition) is 4. The van der Waals surface area contributed by atoms with E-state index >= 15 is 0 Å². The Morgan fingerprint density at radius 1 is 1.09 bits per heavy atom. The fourth-order valence-corrected chi connectivity index (χ4v) is 3.64. The van der Waals surface area contributed by atoms with Crippen LogP contribution in [0, 0.1) is 24.0 Å². The smallest absolute Gasteiger partial charge is 0.256 e. The van der Waals surface area contributed by atoms with Gasteiger partial charge in [0, 0.05) is 22.9 Å². The number of benzene rings is 2. The highest BCUT2D eigenvalue weighted by atomic mass is 35.5. The quantitative estimate of drug-likeness (QED) is 0.265. The number of nitrogens with one attached hydrogen (secondary N) is 3. The van der Waals surface area contributed by atoms with Crippen molar-refractivity contribution in [1.82, 2.24) is 15.0 Å². The van der Waals surface area contributed by atoms with Gasteiger partial charge in [-0.15, -0.1) is 0 Å². The minimum atomic E-state index is -0.436. The van der Waals surface area contributed by atoms with E-state index in [0.29, 0.717) is 39.5 Å². The first-order valence-electron chi connectivity index (χ1n) is 10.5. The van der Waals surface area contributed by atoms with Gasteiger partial charge in [0.05, 0.1) is 11.4 Å². The first-order chi connectivity index (χ1) is 16.7. The van der Waals surface area contributed by atoms with E-state index in [1.54, 1.807) is 38.1 Å². The first-order valence-corrected chi connectivity index (χ1v) is 10.9. The van der Waals surface area contributed by atoms with E-state index in [1.165, 1.54) is 42.6 Å². The second-order valence-corrected chi connectivity index (χ2v) is 8.25. The van der Waals surface area contributed by atoms with Crippen LogP contribution in [-0.4, -0.2) is 26.0 Å². The van der Waals surface area contributed by atoms with Crippen molar-refractivity contribution in [3.05, 3.63) is 95.5 Å². The fourth-order valence-electron chi connectivity index (χ4n) is 3.47. The van der Waals surface area contributed by atoms with Gasteiger partial charge in [-0.1, -0.05) is 11.6 Å². The number of anilines is 1. The van der Waals surface area contributed by atoms with Crippen LogP contribution in [0.4, 0.5) is 14.6 Å². The van der Waals surface area contributed by atoms with Crippen LogP contribution in [0.3, 0.4) is 0 Å². The number of pyridine rings is 1. The molecule has 0 saturated heterocycles. The van der Waals surface area contributed by atoms with Crippen molar-refractivity contribution >= 4 is 34.1 Å².